The van der Waals surface area contributed by atoms with Gasteiger partial charge in [0.15, 0.2) is 0 Å². The molecule has 6 nitrogen and oxygen atoms in total. The van der Waals surface area contributed by atoms with Gasteiger partial charge < -0.3 is 10.3 Å². The largest absolute Gasteiger partial charge is 0.317 e. The Bertz CT molecular complexity index is 1200. The Labute approximate surface area is 166 Å². The third-order valence-corrected chi connectivity index (χ3v) is 6.32. The molecule has 1 aliphatic rings. The van der Waals surface area contributed by atoms with Crippen molar-refractivity contribution in [1.29, 1.82) is 0 Å². The molecule has 0 amide bonds. The number of aryl methyl sites for hydroxylation is 1. The number of benzene rings is 1. The molecular weight excluding hydrogens is 370 g/mol. The number of hydrogen-bond acceptors (Lipinski definition) is 5. The van der Waals surface area contributed by atoms with Crippen molar-refractivity contribution in [3.8, 4) is 21.8 Å². The highest BCUT2D eigenvalue weighted by atomic mass is 32.1. The monoisotopic (exact) mass is 391 g/mol. The highest BCUT2D eigenvalue weighted by molar-refractivity contribution is 7.13. The molecule has 0 unspecified atom stereocenters. The summed E-state index contributed by atoms with van der Waals surface area (Å²) >= 11 is 1.58. The quantitative estimate of drug-likeness (QED) is 0.560. The maximum Gasteiger partial charge on any atom is 0.251 e. The Kier molecular flexibility index (Phi) is 4.33. The maximum absolute atomic E-state index is 12.4. The molecule has 142 valence electrons. The number of rotatable bonds is 3. The van der Waals surface area contributed by atoms with Gasteiger partial charge in [-0.2, -0.15) is 5.10 Å². The van der Waals surface area contributed by atoms with Crippen molar-refractivity contribution >= 4 is 17.0 Å². The highest BCUT2D eigenvalue weighted by Crippen LogP contribution is 2.33. The fourth-order valence-corrected chi connectivity index (χ4v) is 4.79. The van der Waals surface area contributed by atoms with Crippen molar-refractivity contribution in [3.63, 3.8) is 0 Å². The second-order valence-electron chi connectivity index (χ2n) is 7.25. The predicted molar refractivity (Wildman–Crippen MR) is 112 cm³/mol. The van der Waals surface area contributed by atoms with Gasteiger partial charge in [0, 0.05) is 22.9 Å². The molecule has 1 aliphatic heterocycles. The molecule has 4 heterocycles. The van der Waals surface area contributed by atoms with Crippen molar-refractivity contribution in [2.45, 2.75) is 25.7 Å². The zero-order valence-electron chi connectivity index (χ0n) is 15.6. The second-order valence-corrected chi connectivity index (χ2v) is 8.11. The van der Waals surface area contributed by atoms with Crippen molar-refractivity contribution < 1.29 is 0 Å². The molecule has 3 aromatic heterocycles. The molecule has 0 saturated carbocycles. The Morgan fingerprint density at radius 3 is 2.82 bits per heavy atom. The summed E-state index contributed by atoms with van der Waals surface area (Å²) in [4.78, 5) is 20.2. The number of hydrogen-bond donors (Lipinski definition) is 2. The standard InChI is InChI=1S/C21H21N5OS/c1-13-4-2-3-5-15(13)17-12-28-21(24-17)16-11-23-26-18(10-19(27)25-20(16)26)14-6-8-22-9-7-14/h2-5,10-12,14,22H,6-9H2,1H3,(H,25,27). The van der Waals surface area contributed by atoms with Crippen LogP contribution in [0.15, 0.2) is 46.7 Å². The van der Waals surface area contributed by atoms with Crippen LogP contribution in [0.25, 0.3) is 27.5 Å². The first-order chi connectivity index (χ1) is 13.7. The van der Waals surface area contributed by atoms with Gasteiger partial charge in [-0.15, -0.1) is 11.3 Å². The third-order valence-electron chi connectivity index (χ3n) is 5.45. The molecule has 0 spiro atoms. The average Bonchev–Trinajstić information content (AvgIpc) is 3.35. The van der Waals surface area contributed by atoms with Gasteiger partial charge in [-0.05, 0) is 38.4 Å². The van der Waals surface area contributed by atoms with Gasteiger partial charge in [0.2, 0.25) is 0 Å². The Morgan fingerprint density at radius 2 is 2.00 bits per heavy atom. The Balaban J connectivity index is 1.60. The Hall–Kier alpha value is -2.77. The zero-order chi connectivity index (χ0) is 19.1. The lowest BCUT2D eigenvalue weighted by molar-refractivity contribution is 0.446. The average molecular weight is 392 g/mol. The lowest BCUT2D eigenvalue weighted by Crippen LogP contribution is -2.28. The molecular formula is C21H21N5OS. The van der Waals surface area contributed by atoms with E-state index >= 15 is 0 Å². The van der Waals surface area contributed by atoms with Gasteiger partial charge in [0.25, 0.3) is 5.56 Å². The zero-order valence-corrected chi connectivity index (χ0v) is 16.4. The fraction of sp³-hybridized carbons (Fsp3) is 0.286. The second kappa shape index (κ2) is 7.00. The van der Waals surface area contributed by atoms with Crippen LogP contribution in [-0.2, 0) is 0 Å². The van der Waals surface area contributed by atoms with Gasteiger partial charge in [-0.1, -0.05) is 24.3 Å². The lowest BCUT2D eigenvalue weighted by atomic mass is 9.94. The summed E-state index contributed by atoms with van der Waals surface area (Å²) in [5.41, 5.74) is 5.78. The van der Waals surface area contributed by atoms with Crippen molar-refractivity contribution in [3.05, 3.63) is 63.5 Å². The summed E-state index contributed by atoms with van der Waals surface area (Å²) in [6.45, 7) is 4.03. The first-order valence-corrected chi connectivity index (χ1v) is 10.4. The van der Waals surface area contributed by atoms with E-state index < -0.39 is 0 Å². The molecule has 0 aliphatic carbocycles. The van der Waals surface area contributed by atoms with E-state index in [1.807, 2.05) is 22.8 Å². The summed E-state index contributed by atoms with van der Waals surface area (Å²) in [7, 11) is 0. The topological polar surface area (TPSA) is 75.1 Å². The third kappa shape index (κ3) is 2.96. The number of nitrogens with zero attached hydrogens (tertiary/aromatic N) is 3. The van der Waals surface area contributed by atoms with Crippen LogP contribution >= 0.6 is 11.3 Å². The molecule has 2 N–H and O–H groups in total. The molecule has 0 radical (unpaired) electrons. The molecule has 1 fully saturated rings. The van der Waals surface area contributed by atoms with Gasteiger partial charge in [-0.25, -0.2) is 9.50 Å². The van der Waals surface area contributed by atoms with E-state index in [4.69, 9.17) is 4.98 Å². The van der Waals surface area contributed by atoms with Crippen LogP contribution in [0.1, 0.15) is 30.0 Å². The summed E-state index contributed by atoms with van der Waals surface area (Å²) in [5, 5.41) is 10.9. The molecule has 7 heteroatoms. The van der Waals surface area contributed by atoms with Crippen molar-refractivity contribution in [1.82, 2.24) is 24.9 Å². The van der Waals surface area contributed by atoms with E-state index in [0.717, 1.165) is 59.1 Å². The molecule has 0 atom stereocenters. The number of aromatic amines is 1. The van der Waals surface area contributed by atoms with E-state index in [9.17, 15) is 4.79 Å². The predicted octanol–water partition coefficient (Wildman–Crippen LogP) is 3.59. The van der Waals surface area contributed by atoms with E-state index in [-0.39, 0.29) is 5.56 Å². The number of nitrogens with one attached hydrogen (secondary N) is 2. The van der Waals surface area contributed by atoms with Gasteiger partial charge >= 0.3 is 0 Å². The van der Waals surface area contributed by atoms with Crippen LogP contribution in [0.5, 0.6) is 0 Å². The van der Waals surface area contributed by atoms with Crippen LogP contribution in [0, 0.1) is 6.92 Å². The smallest absolute Gasteiger partial charge is 0.251 e. The normalized spacial score (nSPS) is 15.3. The van der Waals surface area contributed by atoms with Crippen LogP contribution in [-0.4, -0.2) is 32.7 Å². The molecule has 0 bridgehead atoms. The van der Waals surface area contributed by atoms with Gasteiger partial charge in [0.05, 0.1) is 23.1 Å². The Morgan fingerprint density at radius 1 is 1.18 bits per heavy atom. The summed E-state index contributed by atoms with van der Waals surface area (Å²) < 4.78 is 1.89. The van der Waals surface area contributed by atoms with Crippen LogP contribution < -0.4 is 10.9 Å². The van der Waals surface area contributed by atoms with Crippen LogP contribution in [0.2, 0.25) is 0 Å². The van der Waals surface area contributed by atoms with Gasteiger partial charge in [-0.3, -0.25) is 4.79 Å². The number of fused-ring (bicyclic) bond motifs is 1. The van der Waals surface area contributed by atoms with E-state index in [1.54, 1.807) is 17.4 Å². The van der Waals surface area contributed by atoms with Crippen LogP contribution in [0.4, 0.5) is 0 Å². The maximum atomic E-state index is 12.4. The molecule has 1 aromatic carbocycles. The summed E-state index contributed by atoms with van der Waals surface area (Å²) in [6, 6.07) is 9.93. The number of thiazole rings is 1. The summed E-state index contributed by atoms with van der Waals surface area (Å²) in [6.07, 6.45) is 3.85. The number of piperidine rings is 1. The first-order valence-electron chi connectivity index (χ1n) is 9.54. The van der Waals surface area contributed by atoms with E-state index in [1.165, 1.54) is 5.56 Å². The summed E-state index contributed by atoms with van der Waals surface area (Å²) in [5.74, 6) is 0.345. The first kappa shape index (κ1) is 17.3. The van der Waals surface area contributed by atoms with Crippen molar-refractivity contribution in [2.24, 2.45) is 0 Å². The minimum Gasteiger partial charge on any atom is -0.317 e. The lowest BCUT2D eigenvalue weighted by Gasteiger charge is -2.23. The number of aromatic nitrogens is 4. The minimum absolute atomic E-state index is 0.0848. The minimum atomic E-state index is -0.0848. The molecule has 5 rings (SSSR count). The van der Waals surface area contributed by atoms with Gasteiger partial charge in [0.1, 0.15) is 10.7 Å². The van der Waals surface area contributed by atoms with Crippen LogP contribution in [0.3, 0.4) is 0 Å². The highest BCUT2D eigenvalue weighted by Gasteiger charge is 2.21. The van der Waals surface area contributed by atoms with E-state index in [0.29, 0.717) is 5.92 Å². The molecule has 28 heavy (non-hydrogen) atoms. The van der Waals surface area contributed by atoms with Crippen molar-refractivity contribution in [2.75, 3.05) is 13.1 Å². The molecule has 4 aromatic rings. The molecule has 1 saturated heterocycles. The fourth-order valence-electron chi connectivity index (χ4n) is 3.96. The SMILES string of the molecule is Cc1ccccc1-c1csc(-c2cnn3c(C4CCNCC4)cc(=O)[nH]c23)n1. The van der Waals surface area contributed by atoms with E-state index in [2.05, 4.69) is 39.8 Å². The number of H-pyrrole nitrogens is 1.